The topological polar surface area (TPSA) is 81.9 Å². The van der Waals surface area contributed by atoms with Crippen molar-refractivity contribution in [2.75, 3.05) is 62.7 Å². The fraction of sp³-hybridized carbons (Fsp3) is 0.421. The summed E-state index contributed by atoms with van der Waals surface area (Å²) in [5, 5.41) is 2.88. The number of likely N-dealkylation sites (tertiary alicyclic amines) is 1. The zero-order valence-corrected chi connectivity index (χ0v) is 28.4. The zero-order chi connectivity index (χ0) is 33.5. The Morgan fingerprint density at radius 1 is 1.00 bits per heavy atom. The average Bonchev–Trinajstić information content (AvgIpc) is 3.83. The Labute approximate surface area is 292 Å². The van der Waals surface area contributed by atoms with Crippen molar-refractivity contribution < 1.29 is 14.3 Å². The third kappa shape index (κ3) is 6.27. The predicted octanol–water partition coefficient (Wildman–Crippen LogP) is 5.40. The van der Waals surface area contributed by atoms with Gasteiger partial charge in [0.25, 0.3) is 5.91 Å². The van der Waals surface area contributed by atoms with Crippen LogP contribution in [0.2, 0.25) is 5.02 Å². The number of piperazine rings is 1. The van der Waals surface area contributed by atoms with Gasteiger partial charge in [-0.1, -0.05) is 66.2 Å². The first-order valence-electron chi connectivity index (χ1n) is 17.2. The normalized spacial score (nSPS) is 23.7. The van der Waals surface area contributed by atoms with Gasteiger partial charge in [-0.05, 0) is 55.9 Å². The molecule has 4 aliphatic rings. The number of likely N-dealkylation sites (N-methyl/N-ethyl adjacent to an activating group) is 1. The first-order chi connectivity index (χ1) is 24.0. The van der Waals surface area contributed by atoms with Crippen LogP contribution in [0.15, 0.2) is 66.7 Å². The van der Waals surface area contributed by atoms with Crippen LogP contribution in [0, 0.1) is 6.57 Å². The van der Waals surface area contributed by atoms with E-state index >= 15 is 0 Å². The minimum Gasteiger partial charge on any atom is -0.462 e. The van der Waals surface area contributed by atoms with Crippen molar-refractivity contribution in [1.29, 1.82) is 0 Å². The van der Waals surface area contributed by atoms with Crippen LogP contribution in [0.4, 0.5) is 11.5 Å². The summed E-state index contributed by atoms with van der Waals surface area (Å²) in [6.07, 6.45) is 2.27. The van der Waals surface area contributed by atoms with Crippen molar-refractivity contribution >= 4 is 39.8 Å². The fourth-order valence-corrected chi connectivity index (χ4v) is 8.06. The number of anilines is 2. The average molecular weight is 678 g/mol. The van der Waals surface area contributed by atoms with E-state index < -0.39 is 6.10 Å². The van der Waals surface area contributed by atoms with E-state index in [2.05, 4.69) is 50.9 Å². The van der Waals surface area contributed by atoms with Crippen LogP contribution < -0.4 is 14.5 Å². The second kappa shape index (κ2) is 13.5. The van der Waals surface area contributed by atoms with E-state index in [1.165, 1.54) is 0 Å². The molecule has 1 aromatic heterocycles. The van der Waals surface area contributed by atoms with Crippen LogP contribution >= 0.6 is 11.6 Å². The third-order valence-electron chi connectivity index (χ3n) is 10.5. The van der Waals surface area contributed by atoms with Gasteiger partial charge >= 0.3 is 6.01 Å². The van der Waals surface area contributed by atoms with Gasteiger partial charge in [0, 0.05) is 48.9 Å². The Balaban J connectivity index is 1.07. The third-order valence-corrected chi connectivity index (χ3v) is 10.8. The molecule has 0 radical (unpaired) electrons. The molecule has 5 heterocycles. The van der Waals surface area contributed by atoms with Gasteiger partial charge in [0.1, 0.15) is 24.6 Å². The molecule has 0 spiro atoms. The smallest absolute Gasteiger partial charge is 0.318 e. The Morgan fingerprint density at radius 2 is 1.84 bits per heavy atom. The molecule has 3 fully saturated rings. The number of fused-ring (bicyclic) bond motifs is 2. The zero-order valence-electron chi connectivity index (χ0n) is 27.7. The van der Waals surface area contributed by atoms with E-state index in [-0.39, 0.29) is 24.6 Å². The number of halogens is 1. The highest BCUT2D eigenvalue weighted by Gasteiger charge is 2.50. The Kier molecular flexibility index (Phi) is 8.74. The second-order valence-corrected chi connectivity index (χ2v) is 13.9. The highest BCUT2D eigenvalue weighted by atomic mass is 35.5. The summed E-state index contributed by atoms with van der Waals surface area (Å²) in [5.74, 6) is 0.809. The number of aromatic nitrogens is 2. The van der Waals surface area contributed by atoms with Gasteiger partial charge in [-0.15, -0.1) is 0 Å². The molecular formula is C38H40ClN7O3. The molecule has 4 aromatic rings. The molecule has 252 valence electrons. The second-order valence-electron chi connectivity index (χ2n) is 13.5. The van der Waals surface area contributed by atoms with Crippen molar-refractivity contribution in [3.8, 4) is 6.01 Å². The maximum atomic E-state index is 13.7. The molecule has 11 heteroatoms. The minimum atomic E-state index is -0.503. The van der Waals surface area contributed by atoms with Crippen molar-refractivity contribution in [2.45, 2.75) is 50.1 Å². The molecule has 3 saturated heterocycles. The minimum absolute atomic E-state index is 0.0408. The largest absolute Gasteiger partial charge is 0.462 e. The molecule has 1 amide bonds. The monoisotopic (exact) mass is 677 g/mol. The van der Waals surface area contributed by atoms with Crippen LogP contribution in [-0.2, 0) is 22.5 Å². The van der Waals surface area contributed by atoms with Gasteiger partial charge in [0.2, 0.25) is 6.54 Å². The Morgan fingerprint density at radius 3 is 2.63 bits per heavy atom. The van der Waals surface area contributed by atoms with E-state index in [9.17, 15) is 4.79 Å². The molecule has 4 atom stereocenters. The van der Waals surface area contributed by atoms with E-state index in [0.717, 1.165) is 76.5 Å². The van der Waals surface area contributed by atoms with Crippen molar-refractivity contribution in [1.82, 2.24) is 19.8 Å². The molecule has 49 heavy (non-hydrogen) atoms. The van der Waals surface area contributed by atoms with Crippen LogP contribution in [0.5, 0.6) is 6.01 Å². The lowest BCUT2D eigenvalue weighted by atomic mass is 10.0. The molecule has 4 aliphatic heterocycles. The summed E-state index contributed by atoms with van der Waals surface area (Å²) in [6, 6.07) is 22.6. The van der Waals surface area contributed by atoms with Gasteiger partial charge < -0.3 is 33.9 Å². The van der Waals surface area contributed by atoms with Gasteiger partial charge in [0.05, 0.1) is 17.3 Å². The lowest BCUT2D eigenvalue weighted by Crippen LogP contribution is -2.58. The number of hydrogen-bond acceptors (Lipinski definition) is 8. The molecule has 8 rings (SSSR count). The quantitative estimate of drug-likeness (QED) is 0.181. The number of carbonyl (C=O) groups is 1. The number of ether oxygens (including phenoxy) is 2. The molecular weight excluding hydrogens is 638 g/mol. The van der Waals surface area contributed by atoms with Crippen LogP contribution in [0.25, 0.3) is 15.6 Å². The van der Waals surface area contributed by atoms with Gasteiger partial charge in [0.15, 0.2) is 6.10 Å². The Bertz CT molecular complexity index is 1900. The number of rotatable bonds is 8. The number of carbonyl (C=O) groups excluding carboxylic acids is 1. The van der Waals surface area contributed by atoms with Crippen LogP contribution in [0.1, 0.15) is 35.8 Å². The predicted molar refractivity (Wildman–Crippen MR) is 190 cm³/mol. The molecule has 0 bridgehead atoms. The van der Waals surface area contributed by atoms with Gasteiger partial charge in [-0.25, -0.2) is 6.57 Å². The molecule has 0 saturated carbocycles. The number of epoxide rings is 1. The van der Waals surface area contributed by atoms with Crippen LogP contribution in [0.3, 0.4) is 0 Å². The standard InChI is InChI=1S/C38H40ClN7O3/c1-40-21-28-22-45(19-20-46(28)37(47)35-34(49-35)26-9-4-3-5-10-26)36-29-16-18-44(32-15-7-12-25-11-6-14-30(39)33(25)32)23-31(29)41-38(42-36)48-24-27-13-8-17-43(27)2/h3-7,9-12,14-15,27-28,34-35H,8,13,16-24H2,2H3/t27-,28-,34+,35+/m0/s1. The SMILES string of the molecule is [C-]#[N+]C[C@H]1CN(c2nc(OC[C@@H]3CCCN3C)nc3c2CCN(c2cccc4cccc(Cl)c24)C3)CCN1C(=O)[C@@H]1O[C@@H]1c1ccccc1. The first kappa shape index (κ1) is 31.8. The van der Waals surface area contributed by atoms with E-state index in [1.807, 2.05) is 47.4 Å². The maximum Gasteiger partial charge on any atom is 0.318 e. The number of benzene rings is 3. The fourth-order valence-electron chi connectivity index (χ4n) is 7.78. The number of nitrogens with zero attached hydrogens (tertiary/aromatic N) is 7. The Hall–Kier alpha value is -4.43. The van der Waals surface area contributed by atoms with E-state index in [4.69, 9.17) is 37.6 Å². The molecule has 0 N–H and O–H groups in total. The van der Waals surface area contributed by atoms with Crippen molar-refractivity contribution in [3.05, 3.63) is 100.0 Å². The highest BCUT2D eigenvalue weighted by molar-refractivity contribution is 6.36. The lowest BCUT2D eigenvalue weighted by Gasteiger charge is -2.41. The van der Waals surface area contributed by atoms with Crippen LogP contribution in [-0.4, -0.2) is 96.8 Å². The molecule has 0 unspecified atom stereocenters. The molecule has 10 nitrogen and oxygen atoms in total. The highest BCUT2D eigenvalue weighted by Crippen LogP contribution is 2.41. The van der Waals surface area contributed by atoms with Gasteiger partial charge in [-0.3, -0.25) is 4.79 Å². The summed E-state index contributed by atoms with van der Waals surface area (Å²) in [7, 11) is 2.14. The van der Waals surface area contributed by atoms with Crippen molar-refractivity contribution in [3.63, 3.8) is 0 Å². The van der Waals surface area contributed by atoms with E-state index in [1.54, 1.807) is 0 Å². The molecule has 0 aliphatic carbocycles. The summed E-state index contributed by atoms with van der Waals surface area (Å²) in [4.78, 5) is 36.3. The summed E-state index contributed by atoms with van der Waals surface area (Å²) in [5.41, 5.74) is 4.13. The number of hydrogen-bond donors (Lipinski definition) is 0. The lowest BCUT2D eigenvalue weighted by molar-refractivity contribution is -0.135. The summed E-state index contributed by atoms with van der Waals surface area (Å²) >= 11 is 6.74. The summed E-state index contributed by atoms with van der Waals surface area (Å²) in [6.45, 7) is 12.5. The van der Waals surface area contributed by atoms with E-state index in [0.29, 0.717) is 44.8 Å². The van der Waals surface area contributed by atoms with Gasteiger partial charge in [-0.2, -0.15) is 9.97 Å². The number of amides is 1. The first-order valence-corrected chi connectivity index (χ1v) is 17.6. The molecule has 3 aromatic carbocycles. The van der Waals surface area contributed by atoms with Crippen molar-refractivity contribution in [2.24, 2.45) is 0 Å². The summed E-state index contributed by atoms with van der Waals surface area (Å²) < 4.78 is 12.2. The maximum absolute atomic E-state index is 13.7.